The van der Waals surface area contributed by atoms with Gasteiger partial charge in [0.15, 0.2) is 0 Å². The van der Waals surface area contributed by atoms with Crippen LogP contribution in [0.1, 0.15) is 22.3 Å². The highest BCUT2D eigenvalue weighted by molar-refractivity contribution is 7.99. The Morgan fingerprint density at radius 2 is 1.24 bits per heavy atom. The standard InChI is InChI=1S/C34H35N3O4S/c1-25-17-19-29(20-18-25)42-34-33(40-23-28-15-9-4-10-16-28)31(36-37-35)32(39-22-27-13-7-3-8-14-27)30(41-34)24-38-21-26-11-5-2-6-12-26/h2-20,30-34H,21-24H2,1H3/t30-,31+,32-,33-,34-/m1/s1. The van der Waals surface area contributed by atoms with Crippen molar-refractivity contribution in [1.82, 2.24) is 0 Å². The molecule has 0 aromatic heterocycles. The highest BCUT2D eigenvalue weighted by atomic mass is 32.2. The van der Waals surface area contributed by atoms with Crippen molar-refractivity contribution < 1.29 is 18.9 Å². The third-order valence-electron chi connectivity index (χ3n) is 7.04. The van der Waals surface area contributed by atoms with Gasteiger partial charge < -0.3 is 18.9 Å². The number of ether oxygens (including phenoxy) is 4. The van der Waals surface area contributed by atoms with Crippen molar-refractivity contribution in [1.29, 1.82) is 0 Å². The molecule has 0 radical (unpaired) electrons. The van der Waals surface area contributed by atoms with Gasteiger partial charge in [-0.1, -0.05) is 126 Å². The Morgan fingerprint density at radius 1 is 0.714 bits per heavy atom. The number of hydrogen-bond donors (Lipinski definition) is 0. The molecule has 4 aromatic rings. The molecule has 1 saturated heterocycles. The topological polar surface area (TPSA) is 85.7 Å². The quantitative estimate of drug-likeness (QED) is 0.0911. The van der Waals surface area contributed by atoms with Gasteiger partial charge in [0.1, 0.15) is 17.6 Å². The average Bonchev–Trinajstić information content (AvgIpc) is 3.03. The molecule has 1 aliphatic heterocycles. The van der Waals surface area contributed by atoms with E-state index in [1.165, 1.54) is 5.56 Å². The Bertz CT molecular complexity index is 1400. The van der Waals surface area contributed by atoms with Gasteiger partial charge in [-0.05, 0) is 41.3 Å². The first-order chi connectivity index (χ1) is 20.7. The molecule has 8 heteroatoms. The number of rotatable bonds is 13. The third-order valence-corrected chi connectivity index (χ3v) is 8.20. The Kier molecular flexibility index (Phi) is 11.1. The number of thioether (sulfide) groups is 1. The van der Waals surface area contributed by atoms with Crippen molar-refractivity contribution >= 4 is 11.8 Å². The zero-order valence-electron chi connectivity index (χ0n) is 23.6. The molecule has 216 valence electrons. The van der Waals surface area contributed by atoms with Crippen molar-refractivity contribution in [3.63, 3.8) is 0 Å². The number of nitrogens with zero attached hydrogens (tertiary/aromatic N) is 3. The van der Waals surface area contributed by atoms with E-state index in [9.17, 15) is 5.53 Å². The van der Waals surface area contributed by atoms with Crippen molar-refractivity contribution in [3.8, 4) is 0 Å². The van der Waals surface area contributed by atoms with Gasteiger partial charge in [0.25, 0.3) is 0 Å². The monoisotopic (exact) mass is 581 g/mol. The van der Waals surface area contributed by atoms with Crippen LogP contribution in [0, 0.1) is 6.92 Å². The minimum atomic E-state index is -0.649. The van der Waals surface area contributed by atoms with Crippen molar-refractivity contribution in [2.24, 2.45) is 5.11 Å². The van der Waals surface area contributed by atoms with Gasteiger partial charge >= 0.3 is 0 Å². The van der Waals surface area contributed by atoms with Crippen LogP contribution < -0.4 is 0 Å². The van der Waals surface area contributed by atoms with Crippen LogP contribution >= 0.6 is 11.8 Å². The van der Waals surface area contributed by atoms with Crippen LogP contribution in [0.3, 0.4) is 0 Å². The van der Waals surface area contributed by atoms with Gasteiger partial charge in [-0.3, -0.25) is 0 Å². The van der Waals surface area contributed by atoms with E-state index >= 15 is 0 Å². The van der Waals surface area contributed by atoms with Crippen molar-refractivity contribution in [2.75, 3.05) is 6.61 Å². The Morgan fingerprint density at radius 3 is 1.79 bits per heavy atom. The van der Waals surface area contributed by atoms with Gasteiger partial charge in [-0.25, -0.2) is 0 Å². The molecule has 5 atom stereocenters. The third kappa shape index (κ3) is 8.46. The van der Waals surface area contributed by atoms with Crippen LogP contribution in [0.5, 0.6) is 0 Å². The number of azide groups is 1. The Labute approximate surface area is 251 Å². The van der Waals surface area contributed by atoms with Gasteiger partial charge in [0.2, 0.25) is 0 Å². The lowest BCUT2D eigenvalue weighted by Gasteiger charge is -2.44. The number of benzene rings is 4. The summed E-state index contributed by atoms with van der Waals surface area (Å²) in [6, 6.07) is 37.5. The molecular weight excluding hydrogens is 546 g/mol. The van der Waals surface area contributed by atoms with E-state index in [0.29, 0.717) is 19.8 Å². The molecule has 0 aliphatic carbocycles. The Balaban J connectivity index is 1.42. The molecule has 4 aromatic carbocycles. The second-order valence-electron chi connectivity index (χ2n) is 10.2. The highest BCUT2D eigenvalue weighted by Crippen LogP contribution is 2.38. The van der Waals surface area contributed by atoms with E-state index in [4.69, 9.17) is 18.9 Å². The summed E-state index contributed by atoms with van der Waals surface area (Å²) < 4.78 is 25.9. The maximum Gasteiger partial charge on any atom is 0.134 e. The molecule has 1 fully saturated rings. The second kappa shape index (κ2) is 15.6. The average molecular weight is 582 g/mol. The first-order valence-electron chi connectivity index (χ1n) is 14.1. The van der Waals surface area contributed by atoms with Crippen molar-refractivity contribution in [2.45, 2.75) is 61.4 Å². The lowest BCUT2D eigenvalue weighted by Crippen LogP contribution is -2.58. The van der Waals surface area contributed by atoms with E-state index < -0.39 is 29.8 Å². The van der Waals surface area contributed by atoms with Crippen LogP contribution in [0.25, 0.3) is 10.4 Å². The van der Waals surface area contributed by atoms with E-state index in [1.54, 1.807) is 11.8 Å². The lowest BCUT2D eigenvalue weighted by atomic mass is 9.97. The van der Waals surface area contributed by atoms with Gasteiger partial charge in [0.05, 0.1) is 38.6 Å². The molecule has 42 heavy (non-hydrogen) atoms. The maximum atomic E-state index is 9.71. The van der Waals surface area contributed by atoms with Crippen LogP contribution in [0.15, 0.2) is 125 Å². The molecule has 0 bridgehead atoms. The van der Waals surface area contributed by atoms with E-state index in [2.05, 4.69) is 41.2 Å². The van der Waals surface area contributed by atoms with Gasteiger partial charge in [0, 0.05) is 9.81 Å². The lowest BCUT2D eigenvalue weighted by molar-refractivity contribution is -0.200. The zero-order valence-corrected chi connectivity index (χ0v) is 24.4. The molecule has 1 aliphatic rings. The van der Waals surface area contributed by atoms with Gasteiger partial charge in [-0.2, -0.15) is 0 Å². The summed E-state index contributed by atoms with van der Waals surface area (Å²) in [5.41, 5.74) is 13.5. The minimum Gasteiger partial charge on any atom is -0.374 e. The largest absolute Gasteiger partial charge is 0.374 e. The summed E-state index contributed by atoms with van der Waals surface area (Å²) in [5, 5.41) is 4.28. The highest BCUT2D eigenvalue weighted by Gasteiger charge is 2.47. The first-order valence-corrected chi connectivity index (χ1v) is 14.9. The normalized spacial score (nSPS) is 21.9. The molecule has 0 N–H and O–H groups in total. The summed E-state index contributed by atoms with van der Waals surface area (Å²) in [7, 11) is 0. The van der Waals surface area contributed by atoms with Crippen molar-refractivity contribution in [3.05, 3.63) is 148 Å². The molecule has 0 saturated carbocycles. The van der Waals surface area contributed by atoms with Crippen LogP contribution in [0.2, 0.25) is 0 Å². The predicted octanol–water partition coefficient (Wildman–Crippen LogP) is 7.88. The minimum absolute atomic E-state index is 0.266. The van der Waals surface area contributed by atoms with Gasteiger partial charge in [-0.15, -0.1) is 0 Å². The molecule has 0 unspecified atom stereocenters. The summed E-state index contributed by atoms with van der Waals surface area (Å²) in [4.78, 5) is 4.28. The van der Waals surface area contributed by atoms with E-state index in [0.717, 1.165) is 21.6 Å². The maximum absolute atomic E-state index is 9.71. The molecule has 0 amide bonds. The summed E-state index contributed by atoms with van der Waals surface area (Å²) in [6.45, 7) is 3.44. The fourth-order valence-corrected chi connectivity index (χ4v) is 5.98. The summed E-state index contributed by atoms with van der Waals surface area (Å²) >= 11 is 1.55. The fraction of sp³-hybridized carbons (Fsp3) is 0.294. The van der Waals surface area contributed by atoms with Crippen LogP contribution in [0.4, 0.5) is 0 Å². The molecule has 1 heterocycles. The number of aryl methyl sites for hydroxylation is 1. The van der Waals surface area contributed by atoms with Crippen LogP contribution in [-0.2, 0) is 38.8 Å². The van der Waals surface area contributed by atoms with Crippen LogP contribution in [-0.4, -0.2) is 36.4 Å². The van der Waals surface area contributed by atoms with E-state index in [-0.39, 0.29) is 6.61 Å². The number of hydrogen-bond acceptors (Lipinski definition) is 6. The SMILES string of the molecule is Cc1ccc(S[C@H]2O[C@H](COCc3ccccc3)[C@@H](OCc3ccccc3)[C@H](N=[N+]=[N-])[C@H]2OCc2ccccc2)cc1. The first kappa shape index (κ1) is 29.9. The molecule has 5 rings (SSSR count). The summed E-state index contributed by atoms with van der Waals surface area (Å²) in [6.07, 6.45) is -1.65. The zero-order chi connectivity index (χ0) is 29.0. The fourth-order valence-electron chi connectivity index (χ4n) is 4.85. The molecule has 7 nitrogen and oxygen atoms in total. The molecule has 0 spiro atoms. The molecular formula is C34H35N3O4S. The Hall–Kier alpha value is -3.62. The predicted molar refractivity (Wildman–Crippen MR) is 165 cm³/mol. The van der Waals surface area contributed by atoms with E-state index in [1.807, 2.05) is 91.0 Å². The second-order valence-corrected chi connectivity index (χ2v) is 11.4. The smallest absolute Gasteiger partial charge is 0.134 e. The summed E-state index contributed by atoms with van der Waals surface area (Å²) in [5.74, 6) is 0.